The second-order valence-electron chi connectivity index (χ2n) is 6.96. The van der Waals surface area contributed by atoms with E-state index in [0.29, 0.717) is 22.3 Å². The molecule has 2 atom stereocenters. The number of fused-ring (bicyclic) bond motifs is 1. The number of hydrogen-bond donors (Lipinski definition) is 0. The summed E-state index contributed by atoms with van der Waals surface area (Å²) in [6, 6.07) is 14.4. The number of carbonyl (C=O) groups excluding carboxylic acids is 2. The molecule has 2 heterocycles. The predicted molar refractivity (Wildman–Crippen MR) is 103 cm³/mol. The van der Waals surface area contributed by atoms with Gasteiger partial charge < -0.3 is 4.90 Å². The lowest BCUT2D eigenvalue weighted by Crippen LogP contribution is -2.54. The Morgan fingerprint density at radius 1 is 1.04 bits per heavy atom. The van der Waals surface area contributed by atoms with Gasteiger partial charge in [0.1, 0.15) is 5.54 Å². The average Bonchev–Trinajstić information content (AvgIpc) is 2.81. The van der Waals surface area contributed by atoms with Gasteiger partial charge in [-0.25, -0.2) is 9.69 Å². The maximum atomic E-state index is 13.5. The zero-order chi connectivity index (χ0) is 18.5. The highest BCUT2D eigenvalue weighted by molar-refractivity contribution is 6.35. The van der Waals surface area contributed by atoms with Crippen molar-refractivity contribution in [1.82, 2.24) is 4.90 Å². The molecule has 134 valence electrons. The topological polar surface area (TPSA) is 40.6 Å². The fourth-order valence-corrected chi connectivity index (χ4v) is 4.73. The Bertz CT molecular complexity index is 866. The molecule has 2 aliphatic heterocycles. The standard InChI is InChI=1S/C20H18Cl2N2O2/c1-20-17(13-6-3-2-4-7-13)8-5-9-23(20)19(26)24(18(20)25)16-11-14(21)10-15(22)12-16/h2-4,6-7,10-12,17H,5,8-9H2,1H3. The van der Waals surface area contributed by atoms with E-state index in [0.717, 1.165) is 18.4 Å². The highest BCUT2D eigenvalue weighted by Gasteiger charge is 2.60. The number of piperidine rings is 1. The molecule has 0 N–H and O–H groups in total. The van der Waals surface area contributed by atoms with Crippen molar-refractivity contribution in [3.8, 4) is 0 Å². The van der Waals surface area contributed by atoms with Crippen molar-refractivity contribution in [2.24, 2.45) is 0 Å². The van der Waals surface area contributed by atoms with E-state index in [9.17, 15) is 9.59 Å². The normalized spacial score (nSPS) is 25.6. The fraction of sp³-hybridized carbons (Fsp3) is 0.300. The first-order chi connectivity index (χ1) is 12.4. The lowest BCUT2D eigenvalue weighted by atomic mass is 9.74. The second-order valence-corrected chi connectivity index (χ2v) is 7.83. The summed E-state index contributed by atoms with van der Waals surface area (Å²) in [5, 5.41) is 0.783. The SMILES string of the molecule is CC12C(=O)N(c3cc(Cl)cc(Cl)c3)C(=O)N1CCCC2c1ccccc1. The van der Waals surface area contributed by atoms with Crippen LogP contribution in [0.3, 0.4) is 0 Å². The molecule has 2 saturated heterocycles. The summed E-state index contributed by atoms with van der Waals surface area (Å²) in [6.45, 7) is 2.44. The van der Waals surface area contributed by atoms with Gasteiger partial charge >= 0.3 is 6.03 Å². The van der Waals surface area contributed by atoms with Gasteiger partial charge in [-0.2, -0.15) is 0 Å². The van der Waals surface area contributed by atoms with E-state index < -0.39 is 5.54 Å². The number of anilines is 1. The Labute approximate surface area is 162 Å². The molecule has 4 rings (SSSR count). The van der Waals surface area contributed by atoms with Crippen LogP contribution in [0.1, 0.15) is 31.2 Å². The lowest BCUT2D eigenvalue weighted by Gasteiger charge is -2.43. The Kier molecular flexibility index (Phi) is 4.20. The molecular weight excluding hydrogens is 371 g/mol. The third kappa shape index (κ3) is 2.51. The number of urea groups is 1. The lowest BCUT2D eigenvalue weighted by molar-refractivity contribution is -0.126. The Morgan fingerprint density at radius 3 is 2.35 bits per heavy atom. The van der Waals surface area contributed by atoms with Crippen LogP contribution in [0, 0.1) is 0 Å². The van der Waals surface area contributed by atoms with Crippen LogP contribution in [-0.2, 0) is 4.79 Å². The van der Waals surface area contributed by atoms with Crippen molar-refractivity contribution in [2.45, 2.75) is 31.2 Å². The van der Waals surface area contributed by atoms with Gasteiger partial charge in [-0.1, -0.05) is 53.5 Å². The molecular formula is C20H18Cl2N2O2. The van der Waals surface area contributed by atoms with Crippen molar-refractivity contribution >= 4 is 40.8 Å². The number of amides is 3. The third-order valence-electron chi connectivity index (χ3n) is 5.48. The third-order valence-corrected chi connectivity index (χ3v) is 5.92. The van der Waals surface area contributed by atoms with E-state index >= 15 is 0 Å². The van der Waals surface area contributed by atoms with E-state index in [2.05, 4.69) is 0 Å². The number of hydrogen-bond acceptors (Lipinski definition) is 2. The van der Waals surface area contributed by atoms with Gasteiger partial charge in [-0.3, -0.25) is 4.79 Å². The van der Waals surface area contributed by atoms with Gasteiger partial charge in [0.05, 0.1) is 5.69 Å². The first-order valence-electron chi connectivity index (χ1n) is 8.60. The minimum Gasteiger partial charge on any atom is -0.309 e. The van der Waals surface area contributed by atoms with Crippen molar-refractivity contribution in [1.29, 1.82) is 0 Å². The minimum atomic E-state index is -0.911. The summed E-state index contributed by atoms with van der Waals surface area (Å²) in [5.74, 6) is -0.275. The number of carbonyl (C=O) groups is 2. The van der Waals surface area contributed by atoms with Crippen molar-refractivity contribution in [2.75, 3.05) is 11.4 Å². The first-order valence-corrected chi connectivity index (χ1v) is 9.35. The highest BCUT2D eigenvalue weighted by Crippen LogP contribution is 2.47. The zero-order valence-electron chi connectivity index (χ0n) is 14.3. The fourth-order valence-electron chi connectivity index (χ4n) is 4.22. The summed E-state index contributed by atoms with van der Waals surface area (Å²) in [4.78, 5) is 29.5. The Hall–Kier alpha value is -2.04. The molecule has 26 heavy (non-hydrogen) atoms. The van der Waals surface area contributed by atoms with Crippen LogP contribution in [0.2, 0.25) is 10.0 Å². The quantitative estimate of drug-likeness (QED) is 0.671. The van der Waals surface area contributed by atoms with Crippen LogP contribution >= 0.6 is 23.2 Å². The van der Waals surface area contributed by atoms with E-state index in [1.165, 1.54) is 4.90 Å². The molecule has 0 radical (unpaired) electrons. The number of rotatable bonds is 2. The molecule has 2 fully saturated rings. The summed E-state index contributed by atoms with van der Waals surface area (Å²) in [5.41, 5.74) is 0.581. The van der Waals surface area contributed by atoms with Crippen molar-refractivity contribution in [3.05, 3.63) is 64.1 Å². The second kappa shape index (κ2) is 6.29. The molecule has 0 aliphatic carbocycles. The minimum absolute atomic E-state index is 0.0476. The zero-order valence-corrected chi connectivity index (χ0v) is 15.8. The summed E-state index contributed by atoms with van der Waals surface area (Å²) in [7, 11) is 0. The van der Waals surface area contributed by atoms with Crippen molar-refractivity contribution in [3.63, 3.8) is 0 Å². The van der Waals surface area contributed by atoms with E-state index in [4.69, 9.17) is 23.2 Å². The monoisotopic (exact) mass is 388 g/mol. The number of imide groups is 1. The number of benzene rings is 2. The Morgan fingerprint density at radius 2 is 1.69 bits per heavy atom. The van der Waals surface area contributed by atoms with Gasteiger partial charge in [0.25, 0.3) is 5.91 Å². The van der Waals surface area contributed by atoms with Crippen LogP contribution in [0.25, 0.3) is 0 Å². The molecule has 6 heteroatoms. The Balaban J connectivity index is 1.81. The van der Waals surface area contributed by atoms with Gasteiger partial charge in [0.2, 0.25) is 0 Å². The van der Waals surface area contributed by atoms with Gasteiger partial charge in [0.15, 0.2) is 0 Å². The maximum absolute atomic E-state index is 13.5. The van der Waals surface area contributed by atoms with Crippen LogP contribution in [0.15, 0.2) is 48.5 Å². The average molecular weight is 389 g/mol. The van der Waals surface area contributed by atoms with Crippen LogP contribution < -0.4 is 4.90 Å². The molecule has 2 aromatic carbocycles. The molecule has 2 aromatic rings. The smallest absolute Gasteiger partial charge is 0.309 e. The number of nitrogens with zero attached hydrogens (tertiary/aromatic N) is 2. The largest absolute Gasteiger partial charge is 0.332 e. The maximum Gasteiger partial charge on any atom is 0.332 e. The summed E-state index contributed by atoms with van der Waals surface area (Å²) >= 11 is 12.2. The van der Waals surface area contributed by atoms with Crippen LogP contribution in [0.4, 0.5) is 10.5 Å². The highest BCUT2D eigenvalue weighted by atomic mass is 35.5. The molecule has 4 nitrogen and oxygen atoms in total. The molecule has 0 aromatic heterocycles. The van der Waals surface area contributed by atoms with E-state index in [1.807, 2.05) is 37.3 Å². The molecule has 2 aliphatic rings. The van der Waals surface area contributed by atoms with Crippen LogP contribution in [-0.4, -0.2) is 28.9 Å². The van der Waals surface area contributed by atoms with Gasteiger partial charge in [0, 0.05) is 22.5 Å². The predicted octanol–water partition coefficient (Wildman–Crippen LogP) is 5.10. The summed E-state index contributed by atoms with van der Waals surface area (Å²) < 4.78 is 0. The molecule has 0 spiro atoms. The van der Waals surface area contributed by atoms with Crippen molar-refractivity contribution < 1.29 is 9.59 Å². The van der Waals surface area contributed by atoms with Gasteiger partial charge in [-0.05, 0) is 43.5 Å². The molecule has 2 unspecified atom stereocenters. The van der Waals surface area contributed by atoms with E-state index in [1.54, 1.807) is 23.1 Å². The molecule has 0 bridgehead atoms. The number of halogens is 2. The molecule has 3 amide bonds. The first kappa shape index (κ1) is 17.4. The van der Waals surface area contributed by atoms with Crippen LogP contribution in [0.5, 0.6) is 0 Å². The van der Waals surface area contributed by atoms with E-state index in [-0.39, 0.29) is 17.9 Å². The summed E-state index contributed by atoms with van der Waals surface area (Å²) in [6.07, 6.45) is 1.72. The van der Waals surface area contributed by atoms with Gasteiger partial charge in [-0.15, -0.1) is 0 Å². The molecule has 0 saturated carbocycles.